The molecule has 0 aromatic carbocycles. The average Bonchev–Trinajstić information content (AvgIpc) is 2.47. The molecule has 2 heterocycles. The molecule has 0 radical (unpaired) electrons. The number of carbonyl (C=O) groups is 2. The molecule has 2 unspecified atom stereocenters. The van der Waals surface area contributed by atoms with E-state index in [4.69, 9.17) is 4.74 Å². The number of carbonyl (C=O) groups excluding carboxylic acids is 2. The van der Waals surface area contributed by atoms with Gasteiger partial charge in [0.2, 0.25) is 0 Å². The molecule has 2 fully saturated rings. The smallest absolute Gasteiger partial charge is 0.322 e. The quantitative estimate of drug-likeness (QED) is 0.410. The van der Waals surface area contributed by atoms with Gasteiger partial charge in [-0.3, -0.25) is 10.1 Å². The third-order valence-corrected chi connectivity index (χ3v) is 4.25. The van der Waals surface area contributed by atoms with Crippen LogP contribution in [0.3, 0.4) is 0 Å². The van der Waals surface area contributed by atoms with Gasteiger partial charge in [0.25, 0.3) is 5.91 Å². The maximum absolute atomic E-state index is 11.4. The molecule has 78 valence electrons. The fourth-order valence-corrected chi connectivity index (χ4v) is 2.99. The van der Waals surface area contributed by atoms with Gasteiger partial charge in [-0.1, -0.05) is 0 Å². The van der Waals surface area contributed by atoms with E-state index in [0.29, 0.717) is 6.61 Å². The van der Waals surface area contributed by atoms with E-state index in [2.05, 4.69) is 10.6 Å². The molecule has 14 heavy (non-hydrogen) atoms. The normalized spacial score (nSPS) is 38.1. The highest BCUT2D eigenvalue weighted by Crippen LogP contribution is 2.26. The van der Waals surface area contributed by atoms with Crippen LogP contribution in [0.1, 0.15) is 19.3 Å². The van der Waals surface area contributed by atoms with Crippen molar-refractivity contribution in [2.24, 2.45) is 0 Å². The number of urea groups is 1. The van der Waals surface area contributed by atoms with Gasteiger partial charge in [-0.25, -0.2) is 4.79 Å². The second kappa shape index (κ2) is 3.36. The summed E-state index contributed by atoms with van der Waals surface area (Å²) in [5.74, 6) is -0.244. The van der Waals surface area contributed by atoms with Crippen LogP contribution in [0.25, 0.3) is 0 Å². The highest BCUT2D eigenvalue weighted by atomic mass is 28.1. The number of hydrogen-bond donors (Lipinski definition) is 2. The lowest BCUT2D eigenvalue weighted by Crippen LogP contribution is -2.55. The van der Waals surface area contributed by atoms with Crippen LogP contribution in [0.5, 0.6) is 0 Å². The van der Waals surface area contributed by atoms with E-state index in [1.807, 2.05) is 0 Å². The molecule has 2 rings (SSSR count). The minimum atomic E-state index is -0.470. The predicted octanol–water partition coefficient (Wildman–Crippen LogP) is -1.54. The monoisotopic (exact) mass is 214 g/mol. The molecule has 2 saturated heterocycles. The minimum absolute atomic E-state index is 0.244. The standard InChI is InChI=1S/C8H14N2O3Si/c11-6-5(9-7(12)10-6)8(14)3-1-2-4-13-8/h5H,1-4H2,14H3,(H2,9,10,11,12). The Hall–Kier alpha value is -0.883. The molecule has 2 atom stereocenters. The van der Waals surface area contributed by atoms with Crippen LogP contribution >= 0.6 is 0 Å². The Bertz CT molecular complexity index is 276. The van der Waals surface area contributed by atoms with E-state index in [-0.39, 0.29) is 5.91 Å². The van der Waals surface area contributed by atoms with Crippen molar-refractivity contribution in [3.63, 3.8) is 0 Å². The summed E-state index contributed by atoms with van der Waals surface area (Å²) < 4.78 is 5.65. The summed E-state index contributed by atoms with van der Waals surface area (Å²) in [6.45, 7) is 0.698. The van der Waals surface area contributed by atoms with Crippen molar-refractivity contribution in [1.29, 1.82) is 0 Å². The van der Waals surface area contributed by atoms with Crippen molar-refractivity contribution in [2.75, 3.05) is 6.61 Å². The van der Waals surface area contributed by atoms with E-state index in [1.54, 1.807) is 0 Å². The van der Waals surface area contributed by atoms with Crippen molar-refractivity contribution >= 4 is 22.2 Å². The molecule has 0 bridgehead atoms. The summed E-state index contributed by atoms with van der Waals surface area (Å²) in [7, 11) is 0.754. The molecule has 0 aromatic heterocycles. The van der Waals surface area contributed by atoms with Crippen LogP contribution in [-0.4, -0.2) is 40.1 Å². The third kappa shape index (κ3) is 1.55. The van der Waals surface area contributed by atoms with E-state index in [1.165, 1.54) is 0 Å². The van der Waals surface area contributed by atoms with E-state index in [0.717, 1.165) is 29.5 Å². The fraction of sp³-hybridized carbons (Fsp3) is 0.750. The number of imide groups is 1. The highest BCUT2D eigenvalue weighted by molar-refractivity contribution is 6.20. The first kappa shape index (κ1) is 9.66. The van der Waals surface area contributed by atoms with Crippen LogP contribution in [0.4, 0.5) is 4.79 Å². The van der Waals surface area contributed by atoms with Gasteiger partial charge in [0.15, 0.2) is 0 Å². The van der Waals surface area contributed by atoms with Crippen LogP contribution in [0.15, 0.2) is 0 Å². The maximum atomic E-state index is 11.4. The summed E-state index contributed by atoms with van der Waals surface area (Å²) in [6, 6.07) is -0.869. The molecular weight excluding hydrogens is 200 g/mol. The predicted molar refractivity (Wildman–Crippen MR) is 52.9 cm³/mol. The van der Waals surface area contributed by atoms with Gasteiger partial charge in [0.1, 0.15) is 6.04 Å². The first-order chi connectivity index (χ1) is 6.62. The number of ether oxygens (including phenoxy) is 1. The molecule has 5 nitrogen and oxygen atoms in total. The molecule has 0 spiro atoms. The van der Waals surface area contributed by atoms with Gasteiger partial charge in [-0.15, -0.1) is 0 Å². The lowest BCUT2D eigenvalue weighted by molar-refractivity contribution is -0.127. The van der Waals surface area contributed by atoms with Crippen molar-refractivity contribution in [3.8, 4) is 0 Å². The van der Waals surface area contributed by atoms with Gasteiger partial charge < -0.3 is 10.1 Å². The van der Waals surface area contributed by atoms with Crippen LogP contribution in [-0.2, 0) is 9.53 Å². The summed E-state index contributed by atoms with van der Waals surface area (Å²) in [5.41, 5.74) is 0. The number of nitrogens with one attached hydrogen (secondary N) is 2. The fourth-order valence-electron chi connectivity index (χ4n) is 2.03. The lowest BCUT2D eigenvalue weighted by Gasteiger charge is -2.37. The van der Waals surface area contributed by atoms with E-state index < -0.39 is 17.3 Å². The molecule has 3 amide bonds. The summed E-state index contributed by atoms with van der Waals surface area (Å²) in [5, 5.41) is 4.47. The molecule has 2 aliphatic heterocycles. The van der Waals surface area contributed by atoms with E-state index >= 15 is 0 Å². The zero-order valence-electron chi connectivity index (χ0n) is 8.13. The Labute approximate surface area is 85.0 Å². The van der Waals surface area contributed by atoms with Crippen molar-refractivity contribution in [3.05, 3.63) is 0 Å². The van der Waals surface area contributed by atoms with Crippen molar-refractivity contribution < 1.29 is 14.3 Å². The molecule has 0 saturated carbocycles. The van der Waals surface area contributed by atoms with Gasteiger partial charge >= 0.3 is 6.03 Å². The Morgan fingerprint density at radius 3 is 2.71 bits per heavy atom. The molecule has 0 aromatic rings. The summed E-state index contributed by atoms with van der Waals surface area (Å²) >= 11 is 0. The molecule has 2 N–H and O–H groups in total. The molecular formula is C8H14N2O3Si. The summed E-state index contributed by atoms with van der Waals surface area (Å²) in [6.07, 6.45) is 2.99. The SMILES string of the molecule is O=C1NC(=O)C(C2([SiH3])CCCCO2)N1. The molecule has 0 aliphatic carbocycles. The first-order valence-electron chi connectivity index (χ1n) is 4.87. The second-order valence-corrected chi connectivity index (χ2v) is 5.71. The second-order valence-electron chi connectivity index (χ2n) is 4.01. The van der Waals surface area contributed by atoms with Gasteiger partial charge in [0.05, 0.1) is 5.22 Å². The Balaban J connectivity index is 2.12. The number of hydrogen-bond acceptors (Lipinski definition) is 3. The first-order valence-corrected chi connectivity index (χ1v) is 5.87. The van der Waals surface area contributed by atoms with E-state index in [9.17, 15) is 9.59 Å². The van der Waals surface area contributed by atoms with Gasteiger partial charge in [-0.05, 0) is 19.3 Å². The maximum Gasteiger partial charge on any atom is 0.322 e. The Morgan fingerprint density at radius 2 is 2.21 bits per heavy atom. The van der Waals surface area contributed by atoms with Crippen molar-refractivity contribution in [1.82, 2.24) is 10.6 Å². The average molecular weight is 214 g/mol. The third-order valence-electron chi connectivity index (χ3n) is 2.88. The summed E-state index contributed by atoms with van der Waals surface area (Å²) in [4.78, 5) is 22.4. The molecule has 6 heteroatoms. The number of amides is 3. The zero-order chi connectivity index (χ0) is 10.2. The minimum Gasteiger partial charge on any atom is -0.377 e. The highest BCUT2D eigenvalue weighted by Gasteiger charge is 2.45. The topological polar surface area (TPSA) is 67.4 Å². The van der Waals surface area contributed by atoms with Gasteiger partial charge in [-0.2, -0.15) is 0 Å². The Kier molecular flexibility index (Phi) is 2.32. The zero-order valence-corrected chi connectivity index (χ0v) is 10.1. The lowest BCUT2D eigenvalue weighted by atomic mass is 10.0. The van der Waals surface area contributed by atoms with Crippen LogP contribution < -0.4 is 10.6 Å². The Morgan fingerprint density at radius 1 is 1.43 bits per heavy atom. The van der Waals surface area contributed by atoms with Crippen LogP contribution in [0, 0.1) is 0 Å². The number of rotatable bonds is 1. The van der Waals surface area contributed by atoms with Crippen LogP contribution in [0.2, 0.25) is 0 Å². The van der Waals surface area contributed by atoms with Gasteiger partial charge in [0, 0.05) is 16.8 Å². The largest absolute Gasteiger partial charge is 0.377 e. The van der Waals surface area contributed by atoms with Crippen molar-refractivity contribution in [2.45, 2.75) is 30.5 Å². The molecule has 2 aliphatic rings.